The van der Waals surface area contributed by atoms with Gasteiger partial charge < -0.3 is 10.6 Å². The van der Waals surface area contributed by atoms with Gasteiger partial charge in [-0.2, -0.15) is 0 Å². The first-order valence-corrected chi connectivity index (χ1v) is 6.80. The van der Waals surface area contributed by atoms with Crippen molar-refractivity contribution >= 4 is 23.0 Å². The number of halogens is 1. The number of nitrogens with zero attached hydrogens (tertiary/aromatic N) is 3. The summed E-state index contributed by atoms with van der Waals surface area (Å²) in [5.41, 5.74) is 7.73. The minimum absolute atomic E-state index is 0.00425. The molecule has 0 fully saturated rings. The third-order valence-electron chi connectivity index (χ3n) is 3.07. The molecule has 1 unspecified atom stereocenters. The first-order chi connectivity index (χ1) is 9.15. The average Bonchev–Trinajstić information content (AvgIpc) is 2.97. The highest BCUT2D eigenvalue weighted by Crippen LogP contribution is 2.31. The Bertz CT molecular complexity index is 620. The van der Waals surface area contributed by atoms with E-state index in [1.54, 1.807) is 23.5 Å². The highest BCUT2D eigenvalue weighted by atomic mass is 32.1. The molecule has 1 aliphatic rings. The molecule has 4 nitrogen and oxygen atoms in total. The van der Waals surface area contributed by atoms with Gasteiger partial charge in [-0.25, -0.2) is 9.37 Å². The van der Waals surface area contributed by atoms with Crippen LogP contribution < -0.4 is 10.6 Å². The van der Waals surface area contributed by atoms with Crippen LogP contribution in [0, 0.1) is 12.7 Å². The molecule has 0 saturated heterocycles. The lowest BCUT2D eigenvalue weighted by molar-refractivity contribution is 0.627. The minimum Gasteiger partial charge on any atom is -0.369 e. The maximum Gasteiger partial charge on any atom is 0.196 e. The van der Waals surface area contributed by atoms with E-state index in [2.05, 4.69) is 9.98 Å². The van der Waals surface area contributed by atoms with Gasteiger partial charge in [0.2, 0.25) is 0 Å². The van der Waals surface area contributed by atoms with Gasteiger partial charge in [0.05, 0.1) is 23.3 Å². The number of thiazole rings is 1. The van der Waals surface area contributed by atoms with E-state index in [1.165, 1.54) is 12.1 Å². The van der Waals surface area contributed by atoms with E-state index in [9.17, 15) is 4.39 Å². The van der Waals surface area contributed by atoms with Gasteiger partial charge in [-0.1, -0.05) is 0 Å². The van der Waals surface area contributed by atoms with Crippen molar-refractivity contribution < 1.29 is 4.39 Å². The maximum atomic E-state index is 13.0. The van der Waals surface area contributed by atoms with Crippen LogP contribution in [0.2, 0.25) is 0 Å². The molecule has 0 aliphatic carbocycles. The molecule has 0 bridgehead atoms. The minimum atomic E-state index is -0.264. The number of aryl methyl sites for hydroxylation is 1. The van der Waals surface area contributed by atoms with E-state index in [0.29, 0.717) is 12.5 Å². The summed E-state index contributed by atoms with van der Waals surface area (Å²) >= 11 is 1.60. The van der Waals surface area contributed by atoms with Crippen molar-refractivity contribution in [3.8, 4) is 0 Å². The van der Waals surface area contributed by atoms with Gasteiger partial charge in [0.25, 0.3) is 0 Å². The second kappa shape index (κ2) is 4.62. The van der Waals surface area contributed by atoms with Crippen LogP contribution in [0.5, 0.6) is 0 Å². The second-order valence-electron chi connectivity index (χ2n) is 4.35. The molecule has 0 saturated carbocycles. The number of guanidine groups is 1. The Morgan fingerprint density at radius 1 is 1.37 bits per heavy atom. The second-order valence-corrected chi connectivity index (χ2v) is 5.41. The standard InChI is InChI=1S/C13H13FN4S/c1-8-17-11(7-19-8)12-6-16-13(15)18(12)10-4-2-9(14)3-5-10/h2-5,7,12H,6H2,1H3,(H2,15,16). The predicted octanol–water partition coefficient (Wildman–Crippen LogP) is 2.47. The SMILES string of the molecule is Cc1nc(C2CN=C(N)N2c2ccc(F)cc2)cs1. The summed E-state index contributed by atoms with van der Waals surface area (Å²) in [4.78, 5) is 10.7. The summed E-state index contributed by atoms with van der Waals surface area (Å²) in [5, 5.41) is 3.03. The van der Waals surface area contributed by atoms with Gasteiger partial charge in [0.15, 0.2) is 5.96 Å². The molecule has 98 valence electrons. The summed E-state index contributed by atoms with van der Waals surface area (Å²) in [5.74, 6) is 0.182. The molecular formula is C13H13FN4S. The zero-order chi connectivity index (χ0) is 13.4. The first-order valence-electron chi connectivity index (χ1n) is 5.92. The molecule has 2 aromatic rings. The number of nitrogens with two attached hydrogens (primary N) is 1. The maximum absolute atomic E-state index is 13.0. The van der Waals surface area contributed by atoms with Gasteiger partial charge >= 0.3 is 0 Å². The topological polar surface area (TPSA) is 54.5 Å². The lowest BCUT2D eigenvalue weighted by Crippen LogP contribution is -2.36. The van der Waals surface area contributed by atoms with Gasteiger partial charge in [-0.3, -0.25) is 4.99 Å². The van der Waals surface area contributed by atoms with Gasteiger partial charge in [-0.05, 0) is 31.2 Å². The molecule has 0 radical (unpaired) electrons. The fourth-order valence-corrected chi connectivity index (χ4v) is 2.83. The lowest BCUT2D eigenvalue weighted by Gasteiger charge is -2.25. The Morgan fingerprint density at radius 2 is 2.11 bits per heavy atom. The van der Waals surface area contributed by atoms with Crippen LogP contribution in [0.4, 0.5) is 10.1 Å². The third-order valence-corrected chi connectivity index (χ3v) is 3.86. The average molecular weight is 276 g/mol. The zero-order valence-corrected chi connectivity index (χ0v) is 11.2. The zero-order valence-electron chi connectivity index (χ0n) is 10.4. The molecule has 19 heavy (non-hydrogen) atoms. The molecule has 2 N–H and O–H groups in total. The lowest BCUT2D eigenvalue weighted by atomic mass is 10.2. The summed E-state index contributed by atoms with van der Waals surface area (Å²) in [6, 6.07) is 6.24. The number of rotatable bonds is 2. The van der Waals surface area contributed by atoms with E-state index in [0.717, 1.165) is 16.4 Å². The number of hydrogen-bond acceptors (Lipinski definition) is 5. The summed E-state index contributed by atoms with van der Waals surface area (Å²) in [7, 11) is 0. The van der Waals surface area contributed by atoms with Gasteiger partial charge in [0, 0.05) is 11.1 Å². The molecule has 0 spiro atoms. The fourth-order valence-electron chi connectivity index (χ4n) is 2.17. The number of hydrogen-bond donors (Lipinski definition) is 1. The molecule has 1 aromatic carbocycles. The monoisotopic (exact) mass is 276 g/mol. The van der Waals surface area contributed by atoms with E-state index in [-0.39, 0.29) is 11.9 Å². The number of benzene rings is 1. The van der Waals surface area contributed by atoms with Gasteiger partial charge in [0.1, 0.15) is 5.82 Å². The molecule has 0 amide bonds. The highest BCUT2D eigenvalue weighted by molar-refractivity contribution is 7.09. The molecule has 3 rings (SSSR count). The van der Waals surface area contributed by atoms with Crippen LogP contribution in [0.3, 0.4) is 0 Å². The Morgan fingerprint density at radius 3 is 2.74 bits per heavy atom. The van der Waals surface area contributed by atoms with Crippen molar-refractivity contribution in [2.75, 3.05) is 11.4 Å². The van der Waals surface area contributed by atoms with Crippen molar-refractivity contribution in [2.45, 2.75) is 13.0 Å². The van der Waals surface area contributed by atoms with Gasteiger partial charge in [-0.15, -0.1) is 11.3 Å². The summed E-state index contributed by atoms with van der Waals surface area (Å²) in [6.07, 6.45) is 0. The number of aromatic nitrogens is 1. The molecular weight excluding hydrogens is 263 g/mol. The highest BCUT2D eigenvalue weighted by Gasteiger charge is 2.30. The van der Waals surface area contributed by atoms with Crippen LogP contribution in [0.25, 0.3) is 0 Å². The molecule has 2 heterocycles. The Balaban J connectivity index is 1.96. The van der Waals surface area contributed by atoms with Crippen molar-refractivity contribution in [3.05, 3.63) is 46.2 Å². The van der Waals surface area contributed by atoms with Crippen LogP contribution in [-0.4, -0.2) is 17.5 Å². The normalized spacial score (nSPS) is 18.7. The largest absolute Gasteiger partial charge is 0.369 e. The smallest absolute Gasteiger partial charge is 0.196 e. The van der Waals surface area contributed by atoms with Crippen molar-refractivity contribution in [1.82, 2.24) is 4.98 Å². The quantitative estimate of drug-likeness (QED) is 0.916. The predicted molar refractivity (Wildman–Crippen MR) is 75.0 cm³/mol. The van der Waals surface area contributed by atoms with Crippen LogP contribution in [0.1, 0.15) is 16.7 Å². The van der Waals surface area contributed by atoms with Crippen molar-refractivity contribution in [2.24, 2.45) is 10.7 Å². The van der Waals surface area contributed by atoms with E-state index in [4.69, 9.17) is 5.73 Å². The van der Waals surface area contributed by atoms with Crippen LogP contribution in [-0.2, 0) is 0 Å². The molecule has 1 atom stereocenters. The Labute approximate surface area is 114 Å². The van der Waals surface area contributed by atoms with Crippen LogP contribution in [0.15, 0.2) is 34.6 Å². The summed E-state index contributed by atoms with van der Waals surface area (Å²) in [6.45, 7) is 2.54. The molecule has 1 aromatic heterocycles. The molecule has 6 heteroatoms. The van der Waals surface area contributed by atoms with Crippen LogP contribution >= 0.6 is 11.3 Å². The number of anilines is 1. The van der Waals surface area contributed by atoms with E-state index >= 15 is 0 Å². The third kappa shape index (κ3) is 2.19. The van der Waals surface area contributed by atoms with Crippen molar-refractivity contribution in [1.29, 1.82) is 0 Å². The first kappa shape index (κ1) is 12.1. The number of aliphatic imine (C=N–C) groups is 1. The molecule has 1 aliphatic heterocycles. The van der Waals surface area contributed by atoms with E-state index < -0.39 is 0 Å². The Hall–Kier alpha value is -1.95. The van der Waals surface area contributed by atoms with E-state index in [1.807, 2.05) is 17.2 Å². The summed E-state index contributed by atoms with van der Waals surface area (Å²) < 4.78 is 13.0. The van der Waals surface area contributed by atoms with Crippen molar-refractivity contribution in [3.63, 3.8) is 0 Å². The Kier molecular flexibility index (Phi) is 2.94. The fraction of sp³-hybridized carbons (Fsp3) is 0.231.